The van der Waals surface area contributed by atoms with Gasteiger partial charge in [-0.1, -0.05) is 0 Å². The zero-order valence-electron chi connectivity index (χ0n) is 6.41. The summed E-state index contributed by atoms with van der Waals surface area (Å²) in [4.78, 5) is 14.7. The predicted molar refractivity (Wildman–Crippen MR) is 42.5 cm³/mol. The Morgan fingerprint density at radius 3 is 2.92 bits per heavy atom. The quantitative estimate of drug-likeness (QED) is 0.565. The van der Waals surface area contributed by atoms with E-state index in [-0.39, 0.29) is 18.1 Å². The van der Waals surface area contributed by atoms with Gasteiger partial charge in [-0.15, -0.1) is 11.3 Å². The van der Waals surface area contributed by atoms with Crippen LogP contribution in [0.1, 0.15) is 17.4 Å². The minimum atomic E-state index is -0.416. The summed E-state index contributed by atoms with van der Waals surface area (Å²) in [5, 5.41) is 1.96. The molecule has 1 aromatic heterocycles. The Morgan fingerprint density at radius 1 is 1.83 bits per heavy atom. The third kappa shape index (κ3) is 2.67. The SMILES string of the molecule is CCOC(=O)c1csc(N)n1.[Cl-]. The van der Waals surface area contributed by atoms with Crippen molar-refractivity contribution in [3.63, 3.8) is 0 Å². The Hall–Kier alpha value is -0.810. The van der Waals surface area contributed by atoms with Crippen LogP contribution in [-0.4, -0.2) is 17.6 Å². The van der Waals surface area contributed by atoms with E-state index in [0.717, 1.165) is 0 Å². The topological polar surface area (TPSA) is 65.2 Å². The average molecular weight is 208 g/mol. The number of ether oxygens (including phenoxy) is 1. The van der Waals surface area contributed by atoms with Crippen LogP contribution in [0.3, 0.4) is 0 Å². The van der Waals surface area contributed by atoms with E-state index in [2.05, 4.69) is 4.98 Å². The van der Waals surface area contributed by atoms with Gasteiger partial charge in [0.15, 0.2) is 10.8 Å². The molecule has 12 heavy (non-hydrogen) atoms. The van der Waals surface area contributed by atoms with Gasteiger partial charge in [-0.25, -0.2) is 9.78 Å². The Balaban J connectivity index is 0.00000121. The van der Waals surface area contributed by atoms with Crippen LogP contribution >= 0.6 is 11.3 Å². The molecule has 4 nitrogen and oxygen atoms in total. The highest BCUT2D eigenvalue weighted by molar-refractivity contribution is 7.13. The Bertz CT molecular complexity index is 264. The summed E-state index contributed by atoms with van der Waals surface area (Å²) in [5.74, 6) is -0.416. The van der Waals surface area contributed by atoms with Gasteiger partial charge in [0.05, 0.1) is 6.61 Å². The number of anilines is 1. The first kappa shape index (κ1) is 11.2. The molecule has 0 spiro atoms. The van der Waals surface area contributed by atoms with Crippen LogP contribution < -0.4 is 18.1 Å². The van der Waals surface area contributed by atoms with Gasteiger partial charge < -0.3 is 22.9 Å². The standard InChI is InChI=1S/C6H8N2O2S.ClH/c1-2-10-5(9)4-3-11-6(7)8-4;/h3H,2H2,1H3,(H2,7,8);1H/p-1. The average Bonchev–Trinajstić information content (AvgIpc) is 2.36. The molecule has 0 aromatic carbocycles. The number of hydrogen-bond donors (Lipinski definition) is 1. The van der Waals surface area contributed by atoms with Gasteiger partial charge in [0.1, 0.15) is 0 Å². The van der Waals surface area contributed by atoms with Gasteiger partial charge in [0.25, 0.3) is 0 Å². The third-order valence-electron chi connectivity index (χ3n) is 1.01. The van der Waals surface area contributed by atoms with Crippen molar-refractivity contribution in [2.45, 2.75) is 6.92 Å². The number of aromatic nitrogens is 1. The number of esters is 1. The van der Waals surface area contributed by atoms with Crippen molar-refractivity contribution < 1.29 is 21.9 Å². The van der Waals surface area contributed by atoms with Crippen LogP contribution in [0.4, 0.5) is 5.13 Å². The van der Waals surface area contributed by atoms with Crippen molar-refractivity contribution >= 4 is 22.4 Å². The molecule has 0 aliphatic carbocycles. The molecule has 0 radical (unpaired) electrons. The summed E-state index contributed by atoms with van der Waals surface area (Å²) in [6.45, 7) is 2.10. The van der Waals surface area contributed by atoms with Crippen LogP contribution in [0, 0.1) is 0 Å². The predicted octanol–water partition coefficient (Wildman–Crippen LogP) is -2.09. The molecule has 0 unspecified atom stereocenters. The lowest BCUT2D eigenvalue weighted by Crippen LogP contribution is -3.00. The first-order valence-corrected chi connectivity index (χ1v) is 4.00. The second-order valence-electron chi connectivity index (χ2n) is 1.79. The molecule has 2 N–H and O–H groups in total. The van der Waals surface area contributed by atoms with E-state index in [1.165, 1.54) is 11.3 Å². The van der Waals surface area contributed by atoms with E-state index < -0.39 is 5.97 Å². The summed E-state index contributed by atoms with van der Waals surface area (Å²) in [5.41, 5.74) is 5.60. The first-order valence-electron chi connectivity index (χ1n) is 3.12. The first-order chi connectivity index (χ1) is 5.24. The largest absolute Gasteiger partial charge is 1.00 e. The zero-order valence-corrected chi connectivity index (χ0v) is 7.98. The maximum atomic E-state index is 10.9. The lowest BCUT2D eigenvalue weighted by Gasteiger charge is -1.95. The van der Waals surface area contributed by atoms with Crippen LogP contribution in [0.25, 0.3) is 0 Å². The fraction of sp³-hybridized carbons (Fsp3) is 0.333. The molecule has 0 saturated carbocycles. The second-order valence-corrected chi connectivity index (χ2v) is 2.68. The third-order valence-corrected chi connectivity index (χ3v) is 1.68. The summed E-state index contributed by atoms with van der Waals surface area (Å²) in [6, 6.07) is 0. The molecule has 68 valence electrons. The van der Waals surface area contributed by atoms with Crippen molar-refractivity contribution in [1.82, 2.24) is 4.98 Å². The molecule has 0 atom stereocenters. The molecular weight excluding hydrogens is 200 g/mol. The minimum Gasteiger partial charge on any atom is -1.00 e. The molecule has 1 rings (SSSR count). The van der Waals surface area contributed by atoms with Crippen LogP contribution in [0.5, 0.6) is 0 Å². The molecule has 0 amide bonds. The van der Waals surface area contributed by atoms with E-state index in [4.69, 9.17) is 10.5 Å². The maximum absolute atomic E-state index is 10.9. The highest BCUT2D eigenvalue weighted by Gasteiger charge is 2.09. The molecule has 1 aromatic rings. The second kappa shape index (κ2) is 4.95. The van der Waals surface area contributed by atoms with Crippen molar-refractivity contribution in [3.8, 4) is 0 Å². The summed E-state index contributed by atoms with van der Waals surface area (Å²) in [7, 11) is 0. The van der Waals surface area contributed by atoms with E-state index >= 15 is 0 Å². The number of hydrogen-bond acceptors (Lipinski definition) is 5. The summed E-state index contributed by atoms with van der Waals surface area (Å²) < 4.78 is 4.69. The van der Waals surface area contributed by atoms with Crippen LogP contribution in [-0.2, 0) is 4.74 Å². The molecule has 0 bridgehead atoms. The molecule has 0 saturated heterocycles. The van der Waals surface area contributed by atoms with Crippen LogP contribution in [0.15, 0.2) is 5.38 Å². The number of rotatable bonds is 2. The fourth-order valence-corrected chi connectivity index (χ4v) is 1.12. The van der Waals surface area contributed by atoms with E-state index in [1.54, 1.807) is 12.3 Å². The molecule has 0 aliphatic heterocycles. The van der Waals surface area contributed by atoms with Gasteiger partial charge in [-0.05, 0) is 6.92 Å². The van der Waals surface area contributed by atoms with Gasteiger partial charge >= 0.3 is 5.97 Å². The lowest BCUT2D eigenvalue weighted by atomic mass is 10.5. The van der Waals surface area contributed by atoms with E-state index in [0.29, 0.717) is 11.7 Å². The normalized spacial score (nSPS) is 8.75. The molecule has 0 aliphatic rings. The number of carbonyl (C=O) groups is 1. The number of halogens is 1. The summed E-state index contributed by atoms with van der Waals surface area (Å²) >= 11 is 1.22. The van der Waals surface area contributed by atoms with Crippen molar-refractivity contribution in [2.75, 3.05) is 12.3 Å². The van der Waals surface area contributed by atoms with E-state index in [1.807, 2.05) is 0 Å². The molecule has 0 fully saturated rings. The highest BCUT2D eigenvalue weighted by Crippen LogP contribution is 2.11. The molecule has 1 heterocycles. The monoisotopic (exact) mass is 207 g/mol. The Morgan fingerprint density at radius 2 is 2.50 bits per heavy atom. The minimum absolute atomic E-state index is 0. The Kier molecular flexibility index (Phi) is 4.61. The zero-order chi connectivity index (χ0) is 8.27. The molecular formula is C6H8ClN2O2S-. The number of thiazole rings is 1. The van der Waals surface area contributed by atoms with Crippen LogP contribution in [0.2, 0.25) is 0 Å². The molecule has 6 heteroatoms. The lowest BCUT2D eigenvalue weighted by molar-refractivity contribution is -0.0000202. The van der Waals surface area contributed by atoms with Crippen molar-refractivity contribution in [2.24, 2.45) is 0 Å². The Labute approximate surface area is 80.2 Å². The highest BCUT2D eigenvalue weighted by atomic mass is 35.5. The van der Waals surface area contributed by atoms with Gasteiger partial charge in [0.2, 0.25) is 0 Å². The van der Waals surface area contributed by atoms with E-state index in [9.17, 15) is 4.79 Å². The number of nitrogen functional groups attached to an aromatic ring is 1. The number of carbonyl (C=O) groups excluding carboxylic acids is 1. The smallest absolute Gasteiger partial charge is 0.357 e. The van der Waals surface area contributed by atoms with Crippen molar-refractivity contribution in [1.29, 1.82) is 0 Å². The van der Waals surface area contributed by atoms with Crippen molar-refractivity contribution in [3.05, 3.63) is 11.1 Å². The fourth-order valence-electron chi connectivity index (χ4n) is 0.586. The van der Waals surface area contributed by atoms with Gasteiger partial charge in [-0.3, -0.25) is 0 Å². The van der Waals surface area contributed by atoms with Gasteiger partial charge in [0, 0.05) is 5.38 Å². The maximum Gasteiger partial charge on any atom is 0.357 e. The summed E-state index contributed by atoms with van der Waals surface area (Å²) in [6.07, 6.45) is 0. The number of nitrogens with two attached hydrogens (primary N) is 1. The number of nitrogens with zero attached hydrogens (tertiary/aromatic N) is 1. The van der Waals surface area contributed by atoms with Gasteiger partial charge in [-0.2, -0.15) is 0 Å².